The molecule has 0 fully saturated rings. The molecule has 17 heavy (non-hydrogen) atoms. The van der Waals surface area contributed by atoms with Gasteiger partial charge in [0.15, 0.2) is 0 Å². The zero-order valence-corrected chi connectivity index (χ0v) is 11.7. The molecular formula is C12H15BrN4. The minimum absolute atomic E-state index is 0.871. The molecule has 1 N–H and O–H groups in total. The second kappa shape index (κ2) is 4.87. The fourth-order valence-electron chi connectivity index (χ4n) is 1.70. The molecule has 2 aromatic rings. The molecular weight excluding hydrogens is 280 g/mol. The zero-order valence-electron chi connectivity index (χ0n) is 10.2. The van der Waals surface area contributed by atoms with Gasteiger partial charge >= 0.3 is 0 Å². The second-order valence-corrected chi connectivity index (χ2v) is 4.88. The van der Waals surface area contributed by atoms with Crippen LogP contribution < -0.4 is 5.32 Å². The van der Waals surface area contributed by atoms with Crippen molar-refractivity contribution in [3.63, 3.8) is 0 Å². The number of nitrogens with one attached hydrogen (secondary N) is 1. The molecule has 0 aliphatic heterocycles. The Hall–Kier alpha value is -1.36. The third kappa shape index (κ3) is 2.66. The summed E-state index contributed by atoms with van der Waals surface area (Å²) < 4.78 is 2.80. The third-order valence-corrected chi connectivity index (χ3v) is 2.97. The standard InChI is InChI=1S/C12H15BrN4/c1-4-10-11(7-17(3)16-10)15-12-8(2)5-9(13)6-14-12/h5-7H,4H2,1-3H3,(H,14,15). The monoisotopic (exact) mass is 294 g/mol. The van der Waals surface area contributed by atoms with Crippen molar-refractivity contribution in [3.05, 3.63) is 34.2 Å². The van der Waals surface area contributed by atoms with Gasteiger partial charge in [0.25, 0.3) is 0 Å². The topological polar surface area (TPSA) is 42.7 Å². The largest absolute Gasteiger partial charge is 0.337 e. The van der Waals surface area contributed by atoms with Gasteiger partial charge < -0.3 is 5.32 Å². The van der Waals surface area contributed by atoms with Crippen LogP contribution in [0.2, 0.25) is 0 Å². The first-order chi connectivity index (χ1) is 8.10. The van der Waals surface area contributed by atoms with Crippen LogP contribution in [0.3, 0.4) is 0 Å². The minimum Gasteiger partial charge on any atom is -0.337 e. The molecule has 90 valence electrons. The van der Waals surface area contributed by atoms with Gasteiger partial charge in [0, 0.05) is 23.9 Å². The molecule has 0 radical (unpaired) electrons. The summed E-state index contributed by atoms with van der Waals surface area (Å²) in [6.45, 7) is 4.12. The van der Waals surface area contributed by atoms with E-state index >= 15 is 0 Å². The van der Waals surface area contributed by atoms with Crippen LogP contribution in [-0.2, 0) is 13.5 Å². The van der Waals surface area contributed by atoms with E-state index in [4.69, 9.17) is 0 Å². The molecule has 0 bridgehead atoms. The van der Waals surface area contributed by atoms with E-state index in [1.165, 1.54) is 0 Å². The highest BCUT2D eigenvalue weighted by atomic mass is 79.9. The van der Waals surface area contributed by atoms with Crippen molar-refractivity contribution in [2.45, 2.75) is 20.3 Å². The fourth-order valence-corrected chi connectivity index (χ4v) is 2.14. The quantitative estimate of drug-likeness (QED) is 0.945. The van der Waals surface area contributed by atoms with Crippen molar-refractivity contribution in [2.24, 2.45) is 7.05 Å². The first-order valence-electron chi connectivity index (χ1n) is 5.52. The predicted octanol–water partition coefficient (Wildman–Crippen LogP) is 3.19. The van der Waals surface area contributed by atoms with E-state index < -0.39 is 0 Å². The maximum Gasteiger partial charge on any atom is 0.133 e. The molecule has 0 spiro atoms. The SMILES string of the molecule is CCc1nn(C)cc1Nc1ncc(Br)cc1C. The number of aromatic nitrogens is 3. The number of pyridine rings is 1. The van der Waals surface area contributed by atoms with E-state index in [-0.39, 0.29) is 0 Å². The van der Waals surface area contributed by atoms with Crippen LogP contribution in [0.15, 0.2) is 22.9 Å². The number of nitrogens with zero attached hydrogens (tertiary/aromatic N) is 3. The molecule has 0 unspecified atom stereocenters. The van der Waals surface area contributed by atoms with Crippen molar-refractivity contribution in [1.29, 1.82) is 0 Å². The van der Waals surface area contributed by atoms with Gasteiger partial charge in [0.2, 0.25) is 0 Å². The third-order valence-electron chi connectivity index (χ3n) is 2.54. The van der Waals surface area contributed by atoms with Crippen LogP contribution in [0, 0.1) is 6.92 Å². The Morgan fingerprint density at radius 1 is 1.47 bits per heavy atom. The molecule has 0 aromatic carbocycles. The first kappa shape index (κ1) is 12.1. The Morgan fingerprint density at radius 3 is 2.88 bits per heavy atom. The van der Waals surface area contributed by atoms with E-state index in [2.05, 4.69) is 38.3 Å². The summed E-state index contributed by atoms with van der Waals surface area (Å²) >= 11 is 3.41. The normalized spacial score (nSPS) is 10.6. The van der Waals surface area contributed by atoms with Gasteiger partial charge in [-0.15, -0.1) is 0 Å². The molecule has 0 aliphatic carbocycles. The Labute approximate surface area is 109 Å². The summed E-state index contributed by atoms with van der Waals surface area (Å²) in [6, 6.07) is 2.04. The van der Waals surface area contributed by atoms with Gasteiger partial charge in [-0.2, -0.15) is 5.10 Å². The lowest BCUT2D eigenvalue weighted by Crippen LogP contribution is -1.97. The molecule has 5 heteroatoms. The van der Waals surface area contributed by atoms with Gasteiger partial charge in [-0.3, -0.25) is 4.68 Å². The summed E-state index contributed by atoms with van der Waals surface area (Å²) in [4.78, 5) is 4.36. The van der Waals surface area contributed by atoms with E-state index in [0.29, 0.717) is 0 Å². The highest BCUT2D eigenvalue weighted by molar-refractivity contribution is 9.10. The smallest absolute Gasteiger partial charge is 0.133 e. The van der Waals surface area contributed by atoms with Gasteiger partial charge in [0.05, 0.1) is 11.4 Å². The maximum atomic E-state index is 4.39. The molecule has 4 nitrogen and oxygen atoms in total. The van der Waals surface area contributed by atoms with E-state index in [1.807, 2.05) is 30.9 Å². The molecule has 2 rings (SSSR count). The average molecular weight is 295 g/mol. The molecule has 0 atom stereocenters. The Bertz CT molecular complexity index is 533. The molecule has 0 saturated heterocycles. The van der Waals surface area contributed by atoms with E-state index in [1.54, 1.807) is 6.20 Å². The van der Waals surface area contributed by atoms with Crippen molar-refractivity contribution in [1.82, 2.24) is 14.8 Å². The van der Waals surface area contributed by atoms with Crippen LogP contribution in [0.5, 0.6) is 0 Å². The average Bonchev–Trinajstić information content (AvgIpc) is 2.63. The number of rotatable bonds is 3. The second-order valence-electron chi connectivity index (χ2n) is 3.96. The van der Waals surface area contributed by atoms with Gasteiger partial charge in [-0.05, 0) is 40.9 Å². The van der Waals surface area contributed by atoms with Crippen LogP contribution >= 0.6 is 15.9 Å². The Kier molecular flexibility index (Phi) is 3.47. The molecule has 2 aromatic heterocycles. The highest BCUT2D eigenvalue weighted by Crippen LogP contribution is 2.23. The van der Waals surface area contributed by atoms with E-state index in [9.17, 15) is 0 Å². The van der Waals surface area contributed by atoms with Crippen LogP contribution in [0.25, 0.3) is 0 Å². The lowest BCUT2D eigenvalue weighted by atomic mass is 10.2. The van der Waals surface area contributed by atoms with Crippen molar-refractivity contribution in [2.75, 3.05) is 5.32 Å². The van der Waals surface area contributed by atoms with Gasteiger partial charge in [-0.25, -0.2) is 4.98 Å². The molecule has 0 amide bonds. The highest BCUT2D eigenvalue weighted by Gasteiger charge is 2.08. The van der Waals surface area contributed by atoms with Crippen LogP contribution in [0.4, 0.5) is 11.5 Å². The summed E-state index contributed by atoms with van der Waals surface area (Å²) in [5.74, 6) is 0.871. The zero-order chi connectivity index (χ0) is 12.4. The lowest BCUT2D eigenvalue weighted by Gasteiger charge is -2.07. The van der Waals surface area contributed by atoms with Crippen LogP contribution in [-0.4, -0.2) is 14.8 Å². The summed E-state index contributed by atoms with van der Waals surface area (Å²) in [5.41, 5.74) is 3.18. The van der Waals surface area contributed by atoms with Gasteiger partial charge in [-0.1, -0.05) is 6.92 Å². The fraction of sp³-hybridized carbons (Fsp3) is 0.333. The molecule has 0 aliphatic rings. The Morgan fingerprint density at radius 2 is 2.24 bits per heavy atom. The number of halogens is 1. The van der Waals surface area contributed by atoms with Crippen molar-refractivity contribution < 1.29 is 0 Å². The number of hydrogen-bond acceptors (Lipinski definition) is 3. The van der Waals surface area contributed by atoms with Gasteiger partial charge in [0.1, 0.15) is 5.82 Å². The maximum absolute atomic E-state index is 4.39. The number of anilines is 2. The first-order valence-corrected chi connectivity index (χ1v) is 6.31. The van der Waals surface area contributed by atoms with Crippen molar-refractivity contribution in [3.8, 4) is 0 Å². The number of hydrogen-bond donors (Lipinski definition) is 1. The lowest BCUT2D eigenvalue weighted by molar-refractivity contribution is 0.746. The molecule has 0 saturated carbocycles. The summed E-state index contributed by atoms with van der Waals surface area (Å²) in [6.07, 6.45) is 4.66. The van der Waals surface area contributed by atoms with E-state index in [0.717, 1.165) is 33.7 Å². The minimum atomic E-state index is 0.871. The number of aryl methyl sites for hydroxylation is 3. The Balaban J connectivity index is 2.30. The van der Waals surface area contributed by atoms with Crippen molar-refractivity contribution >= 4 is 27.4 Å². The van der Waals surface area contributed by atoms with Crippen LogP contribution in [0.1, 0.15) is 18.2 Å². The molecule has 2 heterocycles. The summed E-state index contributed by atoms with van der Waals surface area (Å²) in [7, 11) is 1.92. The summed E-state index contributed by atoms with van der Waals surface area (Å²) in [5, 5.41) is 7.71. The predicted molar refractivity (Wildman–Crippen MR) is 72.5 cm³/mol.